The van der Waals surface area contributed by atoms with Crippen LogP contribution in [0.25, 0.3) is 0 Å². The number of ether oxygens (including phenoxy) is 1. The third-order valence-electron chi connectivity index (χ3n) is 1.10. The van der Waals surface area contributed by atoms with Gasteiger partial charge in [0.05, 0.1) is 6.26 Å². The van der Waals surface area contributed by atoms with Gasteiger partial charge in [-0.15, -0.1) is 0 Å². The van der Waals surface area contributed by atoms with Crippen LogP contribution in [0.1, 0.15) is 0 Å². The summed E-state index contributed by atoms with van der Waals surface area (Å²) in [5, 5.41) is 0. The fourth-order valence-electron chi connectivity index (χ4n) is 0.643. The van der Waals surface area contributed by atoms with E-state index in [9.17, 15) is 0 Å². The topological polar surface area (TPSA) is 35.2 Å². The lowest BCUT2D eigenvalue weighted by Gasteiger charge is -1.97. The Kier molecular flexibility index (Phi) is 1.95. The van der Waals surface area contributed by atoms with Gasteiger partial charge >= 0.3 is 0 Å². The zero-order valence-corrected chi connectivity index (χ0v) is 5.58. The predicted molar refractivity (Wildman–Crippen MR) is 41.7 cm³/mol. The molecule has 0 spiro atoms. The normalized spacial score (nSPS) is 8.80. The van der Waals surface area contributed by atoms with Crippen molar-refractivity contribution in [2.45, 2.75) is 0 Å². The summed E-state index contributed by atoms with van der Waals surface area (Å²) in [7, 11) is 0. The largest absolute Gasteiger partial charge is 0.466 e. The highest BCUT2D eigenvalue weighted by Gasteiger charge is 1.87. The van der Waals surface area contributed by atoms with E-state index in [0.717, 1.165) is 11.4 Å². The number of nitrogens with two attached hydrogens (primary N) is 1. The lowest BCUT2D eigenvalue weighted by Crippen LogP contribution is -1.84. The summed E-state index contributed by atoms with van der Waals surface area (Å²) >= 11 is 0. The first-order chi connectivity index (χ1) is 4.83. The lowest BCUT2D eigenvalue weighted by molar-refractivity contribution is 0.483. The third-order valence-corrected chi connectivity index (χ3v) is 1.10. The molecule has 0 amide bonds. The molecule has 1 rings (SSSR count). The number of hydrogen-bond acceptors (Lipinski definition) is 2. The van der Waals surface area contributed by atoms with E-state index in [1.54, 1.807) is 24.3 Å². The van der Waals surface area contributed by atoms with Crippen LogP contribution in [0.2, 0.25) is 0 Å². The van der Waals surface area contributed by atoms with Crippen molar-refractivity contribution in [1.82, 2.24) is 0 Å². The molecule has 0 aliphatic carbocycles. The third kappa shape index (κ3) is 1.52. The van der Waals surface area contributed by atoms with Crippen LogP contribution in [0.3, 0.4) is 0 Å². The van der Waals surface area contributed by atoms with Crippen LogP contribution in [0.5, 0.6) is 5.75 Å². The zero-order chi connectivity index (χ0) is 7.40. The van der Waals surface area contributed by atoms with Crippen LogP contribution in [0, 0.1) is 0 Å². The van der Waals surface area contributed by atoms with Gasteiger partial charge in [-0.25, -0.2) is 0 Å². The smallest absolute Gasteiger partial charge is 0.126 e. The Bertz CT molecular complexity index is 215. The maximum absolute atomic E-state index is 5.44. The molecule has 1 aromatic rings. The molecule has 0 saturated heterocycles. The summed E-state index contributed by atoms with van der Waals surface area (Å²) < 4.78 is 4.97. The minimum atomic E-state index is 0.733. The van der Waals surface area contributed by atoms with Gasteiger partial charge in [0.1, 0.15) is 5.75 Å². The summed E-state index contributed by atoms with van der Waals surface area (Å²) in [5.41, 5.74) is 6.17. The minimum absolute atomic E-state index is 0.733. The van der Waals surface area contributed by atoms with Crippen molar-refractivity contribution in [2.75, 3.05) is 5.73 Å². The zero-order valence-electron chi connectivity index (χ0n) is 5.58. The van der Waals surface area contributed by atoms with E-state index in [2.05, 4.69) is 6.58 Å². The molecule has 0 heterocycles. The monoisotopic (exact) mass is 135 g/mol. The molecule has 0 radical (unpaired) electrons. The first kappa shape index (κ1) is 6.68. The Morgan fingerprint density at radius 2 is 1.90 bits per heavy atom. The second-order valence-electron chi connectivity index (χ2n) is 1.85. The average molecular weight is 135 g/mol. The summed E-state index contributed by atoms with van der Waals surface area (Å²) in [6.45, 7) is 3.42. The Morgan fingerprint density at radius 3 is 2.40 bits per heavy atom. The van der Waals surface area contributed by atoms with E-state index in [-0.39, 0.29) is 0 Å². The molecule has 0 aliphatic heterocycles. The standard InChI is InChI=1S/C8H9NO/c1-2-10-8-5-3-7(9)4-6-8/h2-6H,1,9H2. The van der Waals surface area contributed by atoms with Gasteiger partial charge in [0, 0.05) is 5.69 Å². The van der Waals surface area contributed by atoms with Crippen LogP contribution < -0.4 is 10.5 Å². The first-order valence-electron chi connectivity index (χ1n) is 2.96. The van der Waals surface area contributed by atoms with Crippen molar-refractivity contribution in [2.24, 2.45) is 0 Å². The van der Waals surface area contributed by atoms with Gasteiger partial charge in [-0.2, -0.15) is 0 Å². The maximum Gasteiger partial charge on any atom is 0.126 e. The Hall–Kier alpha value is -1.44. The van der Waals surface area contributed by atoms with Gasteiger partial charge in [0.2, 0.25) is 0 Å². The van der Waals surface area contributed by atoms with Crippen molar-refractivity contribution in [3.8, 4) is 5.75 Å². The number of rotatable bonds is 2. The van der Waals surface area contributed by atoms with Gasteiger partial charge in [-0.3, -0.25) is 0 Å². The van der Waals surface area contributed by atoms with Crippen LogP contribution >= 0.6 is 0 Å². The van der Waals surface area contributed by atoms with Gasteiger partial charge in [0.25, 0.3) is 0 Å². The highest BCUT2D eigenvalue weighted by atomic mass is 16.5. The van der Waals surface area contributed by atoms with Crippen LogP contribution in [-0.4, -0.2) is 0 Å². The summed E-state index contributed by atoms with van der Waals surface area (Å²) in [4.78, 5) is 0. The number of hydrogen-bond donors (Lipinski definition) is 1. The van der Waals surface area contributed by atoms with Crippen LogP contribution in [-0.2, 0) is 0 Å². The van der Waals surface area contributed by atoms with Crippen molar-refractivity contribution < 1.29 is 4.74 Å². The Balaban J connectivity index is 2.78. The highest BCUT2D eigenvalue weighted by Crippen LogP contribution is 2.12. The molecule has 10 heavy (non-hydrogen) atoms. The number of anilines is 1. The molecule has 0 aromatic heterocycles. The van der Waals surface area contributed by atoms with Crippen molar-refractivity contribution >= 4 is 5.69 Å². The Morgan fingerprint density at radius 1 is 1.30 bits per heavy atom. The Labute approximate surface area is 59.9 Å². The van der Waals surface area contributed by atoms with Crippen molar-refractivity contribution in [3.63, 3.8) is 0 Å². The summed E-state index contributed by atoms with van der Waals surface area (Å²) in [5.74, 6) is 0.754. The first-order valence-corrected chi connectivity index (χ1v) is 2.96. The van der Waals surface area contributed by atoms with Gasteiger partial charge in [0.15, 0.2) is 0 Å². The predicted octanol–water partition coefficient (Wildman–Crippen LogP) is 1.79. The summed E-state index contributed by atoms with van der Waals surface area (Å²) in [6.07, 6.45) is 1.38. The van der Waals surface area contributed by atoms with E-state index in [4.69, 9.17) is 10.5 Å². The van der Waals surface area contributed by atoms with Crippen molar-refractivity contribution in [1.29, 1.82) is 0 Å². The summed E-state index contributed by atoms with van der Waals surface area (Å²) in [6, 6.07) is 7.13. The van der Waals surface area contributed by atoms with Crippen LogP contribution in [0.4, 0.5) is 5.69 Å². The van der Waals surface area contributed by atoms with Gasteiger partial charge in [-0.1, -0.05) is 6.58 Å². The minimum Gasteiger partial charge on any atom is -0.466 e. The van der Waals surface area contributed by atoms with Crippen molar-refractivity contribution in [3.05, 3.63) is 37.1 Å². The fraction of sp³-hybridized carbons (Fsp3) is 0. The van der Waals surface area contributed by atoms with Gasteiger partial charge < -0.3 is 10.5 Å². The molecule has 0 bridgehead atoms. The molecular formula is C8H9NO. The average Bonchev–Trinajstić information content (AvgIpc) is 1.95. The van der Waals surface area contributed by atoms with E-state index in [1.807, 2.05) is 0 Å². The number of benzene rings is 1. The molecule has 52 valence electrons. The second-order valence-corrected chi connectivity index (χ2v) is 1.85. The fourth-order valence-corrected chi connectivity index (χ4v) is 0.643. The van der Waals surface area contributed by atoms with E-state index >= 15 is 0 Å². The lowest BCUT2D eigenvalue weighted by atomic mass is 10.3. The quantitative estimate of drug-likeness (QED) is 0.495. The highest BCUT2D eigenvalue weighted by molar-refractivity contribution is 5.41. The molecule has 0 saturated carbocycles. The molecule has 1 aromatic carbocycles. The molecule has 0 atom stereocenters. The van der Waals surface area contributed by atoms with E-state index in [1.165, 1.54) is 6.26 Å². The van der Waals surface area contributed by atoms with E-state index in [0.29, 0.717) is 0 Å². The van der Waals surface area contributed by atoms with Crippen LogP contribution in [0.15, 0.2) is 37.1 Å². The molecule has 2 heteroatoms. The molecule has 2 nitrogen and oxygen atoms in total. The SMILES string of the molecule is C=COc1ccc(N)cc1. The second kappa shape index (κ2) is 2.92. The van der Waals surface area contributed by atoms with E-state index < -0.39 is 0 Å². The molecule has 0 aliphatic rings. The molecular weight excluding hydrogens is 126 g/mol. The molecule has 0 unspecified atom stereocenters. The molecule has 0 fully saturated rings. The molecule has 2 N–H and O–H groups in total. The van der Waals surface area contributed by atoms with Gasteiger partial charge in [-0.05, 0) is 24.3 Å². The number of nitrogen functional groups attached to an aromatic ring is 1. The maximum atomic E-state index is 5.44.